The van der Waals surface area contributed by atoms with Crippen LogP contribution in [0.4, 0.5) is 10.5 Å². The lowest BCUT2D eigenvalue weighted by molar-refractivity contribution is -0.156. The third-order valence-electron chi connectivity index (χ3n) is 8.13. The number of anilines is 1. The molecule has 1 aromatic carbocycles. The molecule has 2 bridgehead atoms. The van der Waals surface area contributed by atoms with Crippen molar-refractivity contribution in [2.24, 2.45) is 0 Å². The summed E-state index contributed by atoms with van der Waals surface area (Å²) < 4.78 is 10.8. The highest BCUT2D eigenvalue weighted by Gasteiger charge is 2.33. The van der Waals surface area contributed by atoms with E-state index in [1.165, 1.54) is 6.07 Å². The number of hydrogen-bond acceptors (Lipinski definition) is 9. The second-order valence-corrected chi connectivity index (χ2v) is 12.7. The summed E-state index contributed by atoms with van der Waals surface area (Å²) in [6, 6.07) is 5.14. The molecule has 3 saturated heterocycles. The lowest BCUT2D eigenvalue weighted by atomic mass is 10.1. The number of alkyl carbamates (subject to hydrolysis) is 1. The number of fused-ring (bicyclic) bond motifs is 10. The zero-order chi connectivity index (χ0) is 32.9. The van der Waals surface area contributed by atoms with Crippen molar-refractivity contribution >= 4 is 40.5 Å². The molecular weight excluding hydrogens is 580 g/mol. The van der Waals surface area contributed by atoms with Crippen molar-refractivity contribution in [3.63, 3.8) is 0 Å². The average molecular weight is 627 g/mol. The Kier molecular flexibility index (Phi) is 10.9. The van der Waals surface area contributed by atoms with Crippen molar-refractivity contribution < 1.29 is 28.3 Å². The molecule has 0 unspecified atom stereocenters. The maximum absolute atomic E-state index is 13.8. The van der Waals surface area contributed by atoms with Crippen molar-refractivity contribution in [1.82, 2.24) is 24.9 Å². The highest BCUT2D eigenvalue weighted by Crippen LogP contribution is 2.28. The van der Waals surface area contributed by atoms with Gasteiger partial charge in [-0.2, -0.15) is 0 Å². The van der Waals surface area contributed by atoms with E-state index < -0.39 is 29.1 Å². The molecule has 3 aliphatic rings. The summed E-state index contributed by atoms with van der Waals surface area (Å²) in [7, 11) is 0. The number of nitrogens with one attached hydrogen (secondary N) is 1. The number of hydrogen-bond donors (Lipinski definition) is 1. The van der Waals surface area contributed by atoms with Crippen LogP contribution in [0, 0.1) is 13.8 Å². The van der Waals surface area contributed by atoms with E-state index in [-0.39, 0.29) is 12.5 Å². The average Bonchev–Trinajstić information content (AvgIpc) is 2.94. The number of carbonyl (C=O) groups is 4. The number of carbonyl (C=O) groups excluding carboxylic acids is 4. The first-order chi connectivity index (χ1) is 21.3. The quantitative estimate of drug-likeness (QED) is 0.359. The van der Waals surface area contributed by atoms with Crippen molar-refractivity contribution in [3.8, 4) is 0 Å². The molecule has 1 N–H and O–H groups in total. The molecule has 2 aromatic rings. The van der Waals surface area contributed by atoms with E-state index in [0.29, 0.717) is 83.3 Å². The molecule has 0 saturated carbocycles. The van der Waals surface area contributed by atoms with Crippen molar-refractivity contribution in [1.29, 1.82) is 0 Å². The van der Waals surface area contributed by atoms with E-state index in [4.69, 9.17) is 9.15 Å². The Morgan fingerprint density at radius 1 is 0.867 bits per heavy atom. The molecule has 1 aromatic heterocycles. The van der Waals surface area contributed by atoms with Crippen molar-refractivity contribution in [3.05, 3.63) is 39.7 Å². The highest BCUT2D eigenvalue weighted by molar-refractivity contribution is 6.35. The van der Waals surface area contributed by atoms with Crippen LogP contribution in [-0.4, -0.2) is 128 Å². The van der Waals surface area contributed by atoms with Gasteiger partial charge in [0.05, 0.1) is 12.2 Å². The van der Waals surface area contributed by atoms with Gasteiger partial charge in [-0.1, -0.05) is 0 Å². The van der Waals surface area contributed by atoms with Gasteiger partial charge >= 0.3 is 23.5 Å². The van der Waals surface area contributed by atoms with Gasteiger partial charge in [0, 0.05) is 89.5 Å². The Hall–Kier alpha value is -3.97. The zero-order valence-electron chi connectivity index (χ0n) is 27.3. The zero-order valence-corrected chi connectivity index (χ0v) is 27.3. The predicted octanol–water partition coefficient (Wildman–Crippen LogP) is 1.58. The summed E-state index contributed by atoms with van der Waals surface area (Å²) in [4.78, 5) is 72.7. The molecule has 5 rings (SSSR count). The molecule has 3 aliphatic heterocycles. The van der Waals surface area contributed by atoms with E-state index in [1.54, 1.807) is 41.5 Å². The lowest BCUT2D eigenvalue weighted by Crippen LogP contribution is -2.58. The van der Waals surface area contributed by atoms with Gasteiger partial charge in [-0.15, -0.1) is 0 Å². The molecule has 0 aliphatic carbocycles. The molecule has 0 atom stereocenters. The Bertz CT molecular complexity index is 1480. The largest absolute Gasteiger partial charge is 0.444 e. The third-order valence-corrected chi connectivity index (χ3v) is 8.13. The maximum Gasteiger partial charge on any atom is 0.407 e. The molecule has 4 amide bonds. The van der Waals surface area contributed by atoms with Crippen LogP contribution in [0.2, 0.25) is 0 Å². The summed E-state index contributed by atoms with van der Waals surface area (Å²) in [5.41, 5.74) is 1.74. The summed E-state index contributed by atoms with van der Waals surface area (Å²) >= 11 is 0. The molecule has 3 fully saturated rings. The van der Waals surface area contributed by atoms with Crippen LogP contribution in [0.25, 0.3) is 11.0 Å². The van der Waals surface area contributed by atoms with Crippen LogP contribution in [0.15, 0.2) is 27.4 Å². The number of piperazine rings is 1. The minimum atomic E-state index is -0.607. The maximum atomic E-state index is 13.8. The minimum Gasteiger partial charge on any atom is -0.444 e. The molecule has 4 heterocycles. The first-order valence-corrected chi connectivity index (χ1v) is 15.6. The van der Waals surface area contributed by atoms with Gasteiger partial charge in [-0.05, 0) is 58.7 Å². The van der Waals surface area contributed by atoms with Crippen LogP contribution in [0.1, 0.15) is 38.8 Å². The summed E-state index contributed by atoms with van der Waals surface area (Å²) in [6.07, 6.45) is -0.501. The van der Waals surface area contributed by atoms with Crippen LogP contribution in [0.3, 0.4) is 0 Å². The summed E-state index contributed by atoms with van der Waals surface area (Å²) in [5, 5.41) is 3.61. The number of aryl methyl sites for hydroxylation is 2. The molecule has 0 radical (unpaired) electrons. The number of amides is 4. The van der Waals surface area contributed by atoms with E-state index in [1.807, 2.05) is 31.7 Å². The van der Waals surface area contributed by atoms with Gasteiger partial charge in [0.1, 0.15) is 11.2 Å². The number of ether oxygens (including phenoxy) is 1. The summed E-state index contributed by atoms with van der Waals surface area (Å²) in [5.74, 6) is -1.17. The normalized spacial score (nSPS) is 17.3. The van der Waals surface area contributed by atoms with Gasteiger partial charge < -0.3 is 29.2 Å². The monoisotopic (exact) mass is 626 g/mol. The van der Waals surface area contributed by atoms with E-state index in [0.717, 1.165) is 16.5 Å². The first kappa shape index (κ1) is 33.9. The van der Waals surface area contributed by atoms with Gasteiger partial charge in [-0.3, -0.25) is 24.2 Å². The Morgan fingerprint density at radius 3 is 2.07 bits per heavy atom. The van der Waals surface area contributed by atoms with Crippen LogP contribution in [0.5, 0.6) is 0 Å². The second kappa shape index (κ2) is 14.4. The van der Waals surface area contributed by atoms with Gasteiger partial charge in [0.2, 0.25) is 5.91 Å². The fourth-order valence-electron chi connectivity index (χ4n) is 5.70. The Labute approximate surface area is 264 Å². The summed E-state index contributed by atoms with van der Waals surface area (Å²) in [6.45, 7) is 16.1. The second-order valence-electron chi connectivity index (χ2n) is 12.7. The molecular formula is C32H46N6O7. The van der Waals surface area contributed by atoms with Gasteiger partial charge in [-0.25, -0.2) is 9.59 Å². The molecule has 13 heteroatoms. The standard InChI is InChI=1S/C32H46N6O7/c1-7-38(25-20-26-24(18-23(25)3)22(2)19-28(40)44-26)27(39)21-35-11-10-34(9-8-33-31(43)45-32(4,5)6)12-14-36-16-17-37(15-13-35)30(42)29(36)41/h18-20H,7-17,21H2,1-6H3,(H,33,43). The van der Waals surface area contributed by atoms with Crippen molar-refractivity contribution in [2.75, 3.05) is 83.4 Å². The van der Waals surface area contributed by atoms with E-state index in [9.17, 15) is 24.0 Å². The molecule has 246 valence electrons. The Balaban J connectivity index is 1.50. The number of nitrogens with zero attached hydrogens (tertiary/aromatic N) is 5. The number of likely N-dealkylation sites (N-methyl/N-ethyl adjacent to an activating group) is 1. The van der Waals surface area contributed by atoms with Crippen LogP contribution in [-0.2, 0) is 19.1 Å². The highest BCUT2D eigenvalue weighted by atomic mass is 16.6. The smallest absolute Gasteiger partial charge is 0.407 e. The minimum absolute atomic E-state index is 0.0924. The SMILES string of the molecule is CCN(C(=O)CN1CCN(CCNC(=O)OC(C)(C)C)CCN2CCN(CC1)C(=O)C2=O)c1cc2oc(=O)cc(C)c2cc1C. The number of rotatable bonds is 7. The topological polar surface area (TPSA) is 136 Å². The van der Waals surface area contributed by atoms with Crippen molar-refractivity contribution in [2.45, 2.75) is 47.1 Å². The molecule has 13 nitrogen and oxygen atoms in total. The third kappa shape index (κ3) is 8.82. The molecule has 0 spiro atoms. The van der Waals surface area contributed by atoms with E-state index >= 15 is 0 Å². The fourth-order valence-corrected chi connectivity index (χ4v) is 5.70. The fraction of sp³-hybridized carbons (Fsp3) is 0.594. The number of benzene rings is 1. The molecule has 45 heavy (non-hydrogen) atoms. The lowest BCUT2D eigenvalue weighted by Gasteiger charge is -2.38. The van der Waals surface area contributed by atoms with E-state index in [2.05, 4.69) is 10.2 Å². The first-order valence-electron chi connectivity index (χ1n) is 15.6. The van der Waals surface area contributed by atoms with Crippen LogP contribution < -0.4 is 15.8 Å². The van der Waals surface area contributed by atoms with Crippen LogP contribution >= 0.6 is 0 Å². The Morgan fingerprint density at radius 2 is 1.44 bits per heavy atom. The predicted molar refractivity (Wildman–Crippen MR) is 170 cm³/mol. The van der Waals surface area contributed by atoms with Gasteiger partial charge in [0.25, 0.3) is 0 Å². The van der Waals surface area contributed by atoms with Gasteiger partial charge in [0.15, 0.2) is 0 Å².